The number of nitrogens with zero attached hydrogens (tertiary/aromatic N) is 2. The van der Waals surface area contributed by atoms with E-state index in [1.165, 1.54) is 11.1 Å². The van der Waals surface area contributed by atoms with E-state index in [0.29, 0.717) is 17.9 Å². The number of ether oxygens (including phenoxy) is 1. The van der Waals surface area contributed by atoms with Crippen LogP contribution in [-0.2, 0) is 13.0 Å². The molecular weight excluding hydrogens is 300 g/mol. The molecule has 1 unspecified atom stereocenters. The van der Waals surface area contributed by atoms with E-state index < -0.39 is 6.10 Å². The van der Waals surface area contributed by atoms with Crippen LogP contribution in [0.4, 0.5) is 0 Å². The highest BCUT2D eigenvalue weighted by Crippen LogP contribution is 2.21. The van der Waals surface area contributed by atoms with Gasteiger partial charge in [0.1, 0.15) is 18.5 Å². The number of aliphatic hydroxyl groups is 1. The van der Waals surface area contributed by atoms with E-state index in [2.05, 4.69) is 35.2 Å². The van der Waals surface area contributed by atoms with Crippen molar-refractivity contribution >= 4 is 0 Å². The summed E-state index contributed by atoms with van der Waals surface area (Å²) in [6, 6.07) is 15.9. The Hall–Kier alpha value is -2.35. The largest absolute Gasteiger partial charge is 0.491 e. The first-order chi connectivity index (χ1) is 11.7. The number of aliphatic hydroxyl groups excluding tert-OH is 1. The maximum atomic E-state index is 10.3. The third kappa shape index (κ3) is 3.94. The number of fused-ring (bicyclic) bond motifs is 1. The van der Waals surface area contributed by atoms with E-state index in [1.807, 2.05) is 13.0 Å². The Balaban J connectivity index is 1.54. The first-order valence-corrected chi connectivity index (χ1v) is 8.26. The lowest BCUT2D eigenvalue weighted by Gasteiger charge is -2.30. The summed E-state index contributed by atoms with van der Waals surface area (Å²) in [7, 11) is 0. The molecule has 0 amide bonds. The van der Waals surface area contributed by atoms with Crippen LogP contribution < -0.4 is 4.74 Å². The smallest absolute Gasteiger partial charge is 0.123 e. The molecule has 0 fully saturated rings. The van der Waals surface area contributed by atoms with Crippen molar-refractivity contribution in [3.8, 4) is 11.8 Å². The van der Waals surface area contributed by atoms with E-state index in [-0.39, 0.29) is 6.61 Å². The van der Waals surface area contributed by atoms with Crippen LogP contribution in [0.15, 0.2) is 42.5 Å². The third-order valence-electron chi connectivity index (χ3n) is 4.43. The predicted octanol–water partition coefficient (Wildman–Crippen LogP) is 2.66. The Bertz CT molecular complexity index is 752. The van der Waals surface area contributed by atoms with Gasteiger partial charge < -0.3 is 9.84 Å². The normalized spacial score (nSPS) is 15.4. The average molecular weight is 322 g/mol. The Morgan fingerprint density at radius 3 is 2.83 bits per heavy atom. The summed E-state index contributed by atoms with van der Waals surface area (Å²) in [6.45, 7) is 4.58. The van der Waals surface area contributed by atoms with Gasteiger partial charge in [-0.05, 0) is 42.2 Å². The molecule has 24 heavy (non-hydrogen) atoms. The summed E-state index contributed by atoms with van der Waals surface area (Å²) in [5, 5.41) is 19.3. The molecule has 1 aliphatic rings. The molecule has 124 valence electrons. The van der Waals surface area contributed by atoms with Gasteiger partial charge in [0, 0.05) is 19.6 Å². The number of nitriles is 1. The molecule has 4 nitrogen and oxygen atoms in total. The Kier molecular flexibility index (Phi) is 5.14. The summed E-state index contributed by atoms with van der Waals surface area (Å²) in [5.74, 6) is 0.664. The highest BCUT2D eigenvalue weighted by molar-refractivity contribution is 5.41. The molecule has 0 bridgehead atoms. The van der Waals surface area contributed by atoms with Crippen molar-refractivity contribution in [2.24, 2.45) is 0 Å². The van der Waals surface area contributed by atoms with Crippen LogP contribution in [0.2, 0.25) is 0 Å². The van der Waals surface area contributed by atoms with Gasteiger partial charge in [0.15, 0.2) is 0 Å². The monoisotopic (exact) mass is 322 g/mol. The van der Waals surface area contributed by atoms with Crippen LogP contribution in [0.5, 0.6) is 5.75 Å². The van der Waals surface area contributed by atoms with Crippen molar-refractivity contribution in [3.05, 3.63) is 64.7 Å². The highest BCUT2D eigenvalue weighted by Gasteiger charge is 2.18. The second-order valence-electron chi connectivity index (χ2n) is 6.31. The molecule has 0 saturated heterocycles. The maximum absolute atomic E-state index is 10.3. The number of aryl methyl sites for hydroxylation is 1. The zero-order valence-corrected chi connectivity index (χ0v) is 13.9. The van der Waals surface area contributed by atoms with Crippen LogP contribution >= 0.6 is 0 Å². The van der Waals surface area contributed by atoms with Gasteiger partial charge in [0.05, 0.1) is 11.6 Å². The topological polar surface area (TPSA) is 56.5 Å². The van der Waals surface area contributed by atoms with Crippen LogP contribution in [0, 0.1) is 18.3 Å². The summed E-state index contributed by atoms with van der Waals surface area (Å²) >= 11 is 0. The minimum Gasteiger partial charge on any atom is -0.491 e. The Labute approximate surface area is 142 Å². The summed E-state index contributed by atoms with van der Waals surface area (Å²) in [5.41, 5.74) is 4.28. The highest BCUT2D eigenvalue weighted by atomic mass is 16.5. The van der Waals surface area contributed by atoms with Crippen LogP contribution in [0.25, 0.3) is 0 Å². The van der Waals surface area contributed by atoms with Gasteiger partial charge in [-0.15, -0.1) is 0 Å². The van der Waals surface area contributed by atoms with Crippen molar-refractivity contribution in [2.45, 2.75) is 26.0 Å². The van der Waals surface area contributed by atoms with Crippen molar-refractivity contribution in [1.29, 1.82) is 5.26 Å². The summed E-state index contributed by atoms with van der Waals surface area (Å²) < 4.78 is 5.72. The van der Waals surface area contributed by atoms with E-state index in [1.54, 1.807) is 12.1 Å². The quantitative estimate of drug-likeness (QED) is 0.919. The lowest BCUT2D eigenvalue weighted by Crippen LogP contribution is -2.38. The predicted molar refractivity (Wildman–Crippen MR) is 92.8 cm³/mol. The van der Waals surface area contributed by atoms with E-state index in [9.17, 15) is 5.11 Å². The van der Waals surface area contributed by atoms with E-state index in [4.69, 9.17) is 10.00 Å². The van der Waals surface area contributed by atoms with Crippen LogP contribution in [0.3, 0.4) is 0 Å². The molecule has 0 aromatic heterocycles. The van der Waals surface area contributed by atoms with Gasteiger partial charge in [0.2, 0.25) is 0 Å². The Morgan fingerprint density at radius 1 is 1.25 bits per heavy atom. The molecule has 2 aromatic carbocycles. The maximum Gasteiger partial charge on any atom is 0.123 e. The Morgan fingerprint density at radius 2 is 2.04 bits per heavy atom. The lowest BCUT2D eigenvalue weighted by atomic mass is 10.00. The number of β-amino-alcohol motifs (C(OH)–C–C–N with tert-alkyl or cyclic N) is 1. The first kappa shape index (κ1) is 16.5. The first-order valence-electron chi connectivity index (χ1n) is 8.26. The molecular formula is C20H22N2O2. The second-order valence-corrected chi connectivity index (χ2v) is 6.31. The zero-order valence-electron chi connectivity index (χ0n) is 13.9. The van der Waals surface area contributed by atoms with E-state index in [0.717, 1.165) is 25.1 Å². The molecule has 3 rings (SSSR count). The number of benzene rings is 2. The molecule has 2 aromatic rings. The second kappa shape index (κ2) is 7.48. The van der Waals surface area contributed by atoms with Crippen molar-refractivity contribution in [2.75, 3.05) is 19.7 Å². The fourth-order valence-corrected chi connectivity index (χ4v) is 3.07. The van der Waals surface area contributed by atoms with E-state index >= 15 is 0 Å². The molecule has 0 radical (unpaired) electrons. The zero-order chi connectivity index (χ0) is 16.9. The molecule has 4 heteroatoms. The number of hydrogen-bond donors (Lipinski definition) is 1. The van der Waals surface area contributed by atoms with Crippen LogP contribution in [-0.4, -0.2) is 35.8 Å². The molecule has 1 heterocycles. The van der Waals surface area contributed by atoms with Crippen molar-refractivity contribution in [3.63, 3.8) is 0 Å². The minimum absolute atomic E-state index is 0.230. The van der Waals surface area contributed by atoms with Gasteiger partial charge in [-0.25, -0.2) is 0 Å². The molecule has 0 saturated carbocycles. The van der Waals surface area contributed by atoms with Gasteiger partial charge in [-0.3, -0.25) is 4.90 Å². The van der Waals surface area contributed by atoms with Gasteiger partial charge in [-0.2, -0.15) is 5.26 Å². The molecule has 1 atom stereocenters. The average Bonchev–Trinajstić information content (AvgIpc) is 2.61. The van der Waals surface area contributed by atoms with Gasteiger partial charge in [-0.1, -0.05) is 30.3 Å². The summed E-state index contributed by atoms with van der Waals surface area (Å²) in [4.78, 5) is 2.26. The standard InChI is InChI=1S/C20H22N2O2/c1-15-6-7-16(11-21)10-20(15)24-14-19(23)13-22-9-8-17-4-2-3-5-18(17)12-22/h2-7,10,19,23H,8-9,12-14H2,1H3. The number of rotatable bonds is 5. The third-order valence-corrected chi connectivity index (χ3v) is 4.43. The fraction of sp³-hybridized carbons (Fsp3) is 0.350. The fourth-order valence-electron chi connectivity index (χ4n) is 3.07. The number of hydrogen-bond acceptors (Lipinski definition) is 4. The van der Waals surface area contributed by atoms with Crippen molar-refractivity contribution < 1.29 is 9.84 Å². The SMILES string of the molecule is Cc1ccc(C#N)cc1OCC(O)CN1CCc2ccccc2C1. The van der Waals surface area contributed by atoms with Gasteiger partial charge in [0.25, 0.3) is 0 Å². The molecule has 0 spiro atoms. The van der Waals surface area contributed by atoms with Crippen molar-refractivity contribution in [1.82, 2.24) is 4.90 Å². The summed E-state index contributed by atoms with van der Waals surface area (Å²) in [6.07, 6.45) is 0.466. The molecule has 1 aliphatic heterocycles. The van der Waals surface area contributed by atoms with Crippen LogP contribution in [0.1, 0.15) is 22.3 Å². The lowest BCUT2D eigenvalue weighted by molar-refractivity contribution is 0.0635. The molecule has 1 N–H and O–H groups in total. The van der Waals surface area contributed by atoms with Gasteiger partial charge >= 0.3 is 0 Å². The minimum atomic E-state index is -0.555. The molecule has 0 aliphatic carbocycles.